The Kier molecular flexibility index (Phi) is 8.19. The molecule has 1 heterocycles. The number of amides is 3. The normalized spacial score (nSPS) is 20.0. The Hall–Kier alpha value is -1.79. The lowest BCUT2D eigenvalue weighted by atomic mass is 9.92. The van der Waals surface area contributed by atoms with E-state index in [0.717, 1.165) is 12.8 Å². The molecule has 0 spiro atoms. The second-order valence-electron chi connectivity index (χ2n) is 7.67. The third-order valence-electron chi connectivity index (χ3n) is 4.58. The van der Waals surface area contributed by atoms with Crippen LogP contribution < -0.4 is 10.6 Å². The van der Waals surface area contributed by atoms with Crippen molar-refractivity contribution in [2.45, 2.75) is 65.3 Å². The first-order valence-electron chi connectivity index (χ1n) is 9.25. The second kappa shape index (κ2) is 9.63. The molecule has 1 aliphatic rings. The van der Waals surface area contributed by atoms with E-state index < -0.39 is 11.5 Å². The summed E-state index contributed by atoms with van der Waals surface area (Å²) in [4.78, 5) is 37.7. The maximum atomic E-state index is 12.3. The molecule has 0 aromatic heterocycles. The molecule has 1 aliphatic heterocycles. The number of carboxylic acid groups (broad SMARTS) is 1. The van der Waals surface area contributed by atoms with Gasteiger partial charge >= 0.3 is 12.0 Å². The number of carbonyl (C=O) groups is 3. The van der Waals surface area contributed by atoms with Gasteiger partial charge in [0.05, 0.1) is 0 Å². The van der Waals surface area contributed by atoms with Crippen molar-refractivity contribution in [3.05, 3.63) is 0 Å². The molecule has 7 nitrogen and oxygen atoms in total. The van der Waals surface area contributed by atoms with Crippen molar-refractivity contribution >= 4 is 17.9 Å². The molecule has 0 aromatic rings. The lowest BCUT2D eigenvalue weighted by molar-refractivity contribution is -0.147. The van der Waals surface area contributed by atoms with Crippen molar-refractivity contribution in [1.82, 2.24) is 15.5 Å². The number of aliphatic carboxylic acids is 1. The minimum atomic E-state index is -1.23. The molecule has 3 amide bonds. The summed E-state index contributed by atoms with van der Waals surface area (Å²) in [7, 11) is 0. The van der Waals surface area contributed by atoms with Crippen molar-refractivity contribution in [1.29, 1.82) is 0 Å². The molecule has 1 fully saturated rings. The zero-order valence-electron chi connectivity index (χ0n) is 15.9. The summed E-state index contributed by atoms with van der Waals surface area (Å²) in [5.41, 5.74) is -1.23. The van der Waals surface area contributed by atoms with Gasteiger partial charge in [-0.25, -0.2) is 9.59 Å². The Labute approximate surface area is 150 Å². The summed E-state index contributed by atoms with van der Waals surface area (Å²) in [6.07, 6.45) is 3.05. The van der Waals surface area contributed by atoms with E-state index >= 15 is 0 Å². The number of nitrogens with zero attached hydrogens (tertiary/aromatic N) is 1. The Morgan fingerprint density at radius 2 is 2.00 bits per heavy atom. The molecule has 3 N–H and O–H groups in total. The van der Waals surface area contributed by atoms with Gasteiger partial charge < -0.3 is 20.6 Å². The molecule has 0 aliphatic carbocycles. The molecule has 144 valence electrons. The number of urea groups is 1. The van der Waals surface area contributed by atoms with Crippen LogP contribution in [0.2, 0.25) is 0 Å². The van der Waals surface area contributed by atoms with Crippen LogP contribution >= 0.6 is 0 Å². The van der Waals surface area contributed by atoms with Gasteiger partial charge in [0.15, 0.2) is 0 Å². The summed E-state index contributed by atoms with van der Waals surface area (Å²) in [6.45, 7) is 9.39. The second-order valence-corrected chi connectivity index (χ2v) is 7.67. The molecule has 1 saturated heterocycles. The molecule has 0 aromatic carbocycles. The Balaban J connectivity index is 2.54. The largest absolute Gasteiger partial charge is 0.480 e. The highest BCUT2D eigenvalue weighted by Gasteiger charge is 2.34. The summed E-state index contributed by atoms with van der Waals surface area (Å²) in [6, 6.07) is -0.0832. The average Bonchev–Trinajstić information content (AvgIpc) is 2.52. The van der Waals surface area contributed by atoms with E-state index in [-0.39, 0.29) is 24.3 Å². The fourth-order valence-electron chi connectivity index (χ4n) is 3.16. The highest BCUT2D eigenvalue weighted by molar-refractivity contribution is 5.86. The Morgan fingerprint density at radius 3 is 2.56 bits per heavy atom. The van der Waals surface area contributed by atoms with E-state index in [0.29, 0.717) is 38.4 Å². The molecule has 0 saturated carbocycles. The van der Waals surface area contributed by atoms with E-state index in [1.165, 1.54) is 0 Å². The van der Waals surface area contributed by atoms with Gasteiger partial charge in [-0.3, -0.25) is 4.79 Å². The Bertz CT molecular complexity index is 481. The predicted molar refractivity (Wildman–Crippen MR) is 96.2 cm³/mol. The first kappa shape index (κ1) is 21.3. The number of hydrogen-bond acceptors (Lipinski definition) is 3. The smallest absolute Gasteiger partial charge is 0.329 e. The number of carbonyl (C=O) groups excluding carboxylic acids is 2. The van der Waals surface area contributed by atoms with Gasteiger partial charge in [-0.2, -0.15) is 0 Å². The summed E-state index contributed by atoms with van der Waals surface area (Å²) in [5, 5.41) is 14.9. The maximum absolute atomic E-state index is 12.3. The van der Waals surface area contributed by atoms with Gasteiger partial charge in [-0.1, -0.05) is 27.2 Å². The first-order valence-corrected chi connectivity index (χ1v) is 9.25. The third-order valence-corrected chi connectivity index (χ3v) is 4.58. The molecule has 1 rings (SSSR count). The quantitative estimate of drug-likeness (QED) is 0.622. The van der Waals surface area contributed by atoms with Gasteiger partial charge in [0.1, 0.15) is 5.54 Å². The van der Waals surface area contributed by atoms with E-state index in [4.69, 9.17) is 0 Å². The molecule has 2 unspecified atom stereocenters. The maximum Gasteiger partial charge on any atom is 0.329 e. The van der Waals surface area contributed by atoms with Crippen LogP contribution in [0.4, 0.5) is 4.79 Å². The van der Waals surface area contributed by atoms with Crippen LogP contribution in [0, 0.1) is 11.8 Å². The Morgan fingerprint density at radius 1 is 1.32 bits per heavy atom. The van der Waals surface area contributed by atoms with Crippen LogP contribution in [0.15, 0.2) is 0 Å². The summed E-state index contributed by atoms with van der Waals surface area (Å²) in [5.74, 6) is -0.811. The predicted octanol–water partition coefficient (Wildman–Crippen LogP) is 2.21. The lowest BCUT2D eigenvalue weighted by Gasteiger charge is -2.33. The van der Waals surface area contributed by atoms with Crippen molar-refractivity contribution in [2.75, 3.05) is 19.6 Å². The number of nitrogens with one attached hydrogen (secondary N) is 2. The van der Waals surface area contributed by atoms with Crippen molar-refractivity contribution < 1.29 is 19.5 Å². The first-order chi connectivity index (χ1) is 11.7. The number of likely N-dealkylation sites (tertiary alicyclic amines) is 1. The van der Waals surface area contributed by atoms with Crippen LogP contribution in [0.3, 0.4) is 0 Å². The van der Waals surface area contributed by atoms with E-state index in [2.05, 4.69) is 10.6 Å². The molecule has 0 bridgehead atoms. The standard InChI is InChI=1S/C18H33N3O4/c1-5-8-18(4,16(23)24)20-15(22)10-14-7-6-9-21(12-14)17(25)19-11-13(2)3/h13-14H,5-12H2,1-4H3,(H,19,25)(H,20,22)(H,23,24). The van der Waals surface area contributed by atoms with E-state index in [1.807, 2.05) is 20.8 Å². The van der Waals surface area contributed by atoms with Crippen molar-refractivity contribution in [3.8, 4) is 0 Å². The van der Waals surface area contributed by atoms with Crippen molar-refractivity contribution in [3.63, 3.8) is 0 Å². The number of hydrogen-bond donors (Lipinski definition) is 3. The van der Waals surface area contributed by atoms with Crippen LogP contribution in [-0.4, -0.2) is 53.1 Å². The number of piperidine rings is 1. The zero-order valence-corrected chi connectivity index (χ0v) is 15.9. The fraction of sp³-hybridized carbons (Fsp3) is 0.833. The zero-order chi connectivity index (χ0) is 19.0. The average molecular weight is 355 g/mol. The van der Waals surface area contributed by atoms with Crippen molar-refractivity contribution in [2.24, 2.45) is 11.8 Å². The summed E-state index contributed by atoms with van der Waals surface area (Å²) >= 11 is 0. The van der Waals surface area contributed by atoms with E-state index in [1.54, 1.807) is 11.8 Å². The third kappa shape index (κ3) is 6.92. The number of rotatable bonds is 8. The topological polar surface area (TPSA) is 98.7 Å². The SMILES string of the molecule is CCCC(C)(NC(=O)CC1CCCN(C(=O)NCC(C)C)C1)C(=O)O. The van der Waals surface area contributed by atoms with Gasteiger partial charge in [0, 0.05) is 26.1 Å². The van der Waals surface area contributed by atoms with Crippen LogP contribution in [-0.2, 0) is 9.59 Å². The fourth-order valence-corrected chi connectivity index (χ4v) is 3.16. The minimum Gasteiger partial charge on any atom is -0.480 e. The van der Waals surface area contributed by atoms with Crippen LogP contribution in [0.5, 0.6) is 0 Å². The van der Waals surface area contributed by atoms with Crippen LogP contribution in [0.25, 0.3) is 0 Å². The molecule has 0 radical (unpaired) electrons. The molecule has 7 heteroatoms. The summed E-state index contributed by atoms with van der Waals surface area (Å²) < 4.78 is 0. The molecule has 25 heavy (non-hydrogen) atoms. The number of carboxylic acids is 1. The molecular formula is C18H33N3O4. The molecular weight excluding hydrogens is 322 g/mol. The minimum absolute atomic E-state index is 0.0678. The van der Waals surface area contributed by atoms with Gasteiger partial charge in [0.2, 0.25) is 5.91 Å². The van der Waals surface area contributed by atoms with Gasteiger partial charge in [-0.05, 0) is 38.0 Å². The van der Waals surface area contributed by atoms with Crippen LogP contribution in [0.1, 0.15) is 59.8 Å². The molecule has 2 atom stereocenters. The highest BCUT2D eigenvalue weighted by Crippen LogP contribution is 2.21. The van der Waals surface area contributed by atoms with Gasteiger partial charge in [0.25, 0.3) is 0 Å². The van der Waals surface area contributed by atoms with E-state index in [9.17, 15) is 19.5 Å². The van der Waals surface area contributed by atoms with Gasteiger partial charge in [-0.15, -0.1) is 0 Å². The highest BCUT2D eigenvalue weighted by atomic mass is 16.4. The monoisotopic (exact) mass is 355 g/mol. The lowest BCUT2D eigenvalue weighted by Crippen LogP contribution is -2.53.